The first-order chi connectivity index (χ1) is 10.3. The summed E-state index contributed by atoms with van der Waals surface area (Å²) in [5, 5.41) is 2.72. The number of hydrogen-bond donors (Lipinski definition) is 0. The zero-order chi connectivity index (χ0) is 14.4. The third-order valence-electron chi connectivity index (χ3n) is 4.73. The molecule has 3 aromatic rings. The molecule has 0 aliphatic heterocycles. The molecule has 1 aliphatic carbocycles. The van der Waals surface area contributed by atoms with Crippen LogP contribution in [0.2, 0.25) is 0 Å². The standard InChI is InChI=1S/C21H18/c1-14-13-17-8-4-6-10-19(17)21(15(14)2)20-12-11-16-7-3-5-9-18(16)20/h3-13,20H,1-2H3. The molecular formula is C21H18. The van der Waals surface area contributed by atoms with Gasteiger partial charge >= 0.3 is 0 Å². The summed E-state index contributed by atoms with van der Waals surface area (Å²) in [5.74, 6) is 0.381. The summed E-state index contributed by atoms with van der Waals surface area (Å²) in [5.41, 5.74) is 7.04. The Morgan fingerprint density at radius 3 is 2.52 bits per heavy atom. The van der Waals surface area contributed by atoms with E-state index < -0.39 is 0 Å². The van der Waals surface area contributed by atoms with E-state index in [4.69, 9.17) is 0 Å². The number of benzene rings is 3. The molecule has 0 saturated heterocycles. The summed E-state index contributed by atoms with van der Waals surface area (Å²) in [7, 11) is 0. The van der Waals surface area contributed by atoms with Gasteiger partial charge in [0.15, 0.2) is 0 Å². The van der Waals surface area contributed by atoms with E-state index in [1.54, 1.807) is 0 Å². The number of allylic oxidation sites excluding steroid dienone is 1. The van der Waals surface area contributed by atoms with Gasteiger partial charge in [-0.1, -0.05) is 66.7 Å². The van der Waals surface area contributed by atoms with Crippen molar-refractivity contribution in [3.05, 3.63) is 88.5 Å². The first kappa shape index (κ1) is 12.4. The van der Waals surface area contributed by atoms with Crippen molar-refractivity contribution in [2.45, 2.75) is 19.8 Å². The smallest absolute Gasteiger partial charge is 0.0287 e. The van der Waals surface area contributed by atoms with Gasteiger partial charge in [0, 0.05) is 5.92 Å². The summed E-state index contributed by atoms with van der Waals surface area (Å²) in [6.07, 6.45) is 4.61. The lowest BCUT2D eigenvalue weighted by atomic mass is 9.84. The Labute approximate surface area is 125 Å². The van der Waals surface area contributed by atoms with Crippen LogP contribution < -0.4 is 0 Å². The minimum absolute atomic E-state index is 0.381. The SMILES string of the molecule is Cc1cc2ccccc2c(C2C=Cc3ccccc32)c1C. The van der Waals surface area contributed by atoms with Crippen LogP contribution in [0.4, 0.5) is 0 Å². The Balaban J connectivity index is 2.04. The van der Waals surface area contributed by atoms with Gasteiger partial charge in [-0.2, -0.15) is 0 Å². The highest BCUT2D eigenvalue weighted by Gasteiger charge is 2.22. The van der Waals surface area contributed by atoms with Crippen molar-refractivity contribution in [3.8, 4) is 0 Å². The third-order valence-corrected chi connectivity index (χ3v) is 4.73. The highest BCUT2D eigenvalue weighted by molar-refractivity contribution is 5.90. The molecule has 0 fully saturated rings. The highest BCUT2D eigenvalue weighted by atomic mass is 14.3. The van der Waals surface area contributed by atoms with Crippen molar-refractivity contribution in [1.82, 2.24) is 0 Å². The van der Waals surface area contributed by atoms with Gasteiger partial charge in [-0.05, 0) is 52.4 Å². The first-order valence-electron chi connectivity index (χ1n) is 7.51. The minimum Gasteiger partial charge on any atom is -0.0720 e. The molecule has 0 nitrogen and oxygen atoms in total. The summed E-state index contributed by atoms with van der Waals surface area (Å²) >= 11 is 0. The number of fused-ring (bicyclic) bond motifs is 2. The van der Waals surface area contributed by atoms with Gasteiger partial charge in [0.2, 0.25) is 0 Å². The predicted octanol–water partition coefficient (Wildman–Crippen LogP) is 5.62. The normalized spacial score (nSPS) is 16.4. The Kier molecular flexibility index (Phi) is 2.71. The Morgan fingerprint density at radius 1 is 0.857 bits per heavy atom. The average molecular weight is 270 g/mol. The van der Waals surface area contributed by atoms with Crippen molar-refractivity contribution >= 4 is 16.8 Å². The lowest BCUT2D eigenvalue weighted by molar-refractivity contribution is 1.04. The van der Waals surface area contributed by atoms with Gasteiger partial charge in [-0.3, -0.25) is 0 Å². The van der Waals surface area contributed by atoms with E-state index in [2.05, 4.69) is 80.6 Å². The van der Waals surface area contributed by atoms with Gasteiger partial charge in [0.05, 0.1) is 0 Å². The number of aryl methyl sites for hydroxylation is 1. The zero-order valence-corrected chi connectivity index (χ0v) is 12.4. The largest absolute Gasteiger partial charge is 0.0720 e. The quantitative estimate of drug-likeness (QED) is 0.538. The summed E-state index contributed by atoms with van der Waals surface area (Å²) in [6.45, 7) is 4.47. The molecular weight excluding hydrogens is 252 g/mol. The Hall–Kier alpha value is -2.34. The Morgan fingerprint density at radius 2 is 1.62 bits per heavy atom. The maximum Gasteiger partial charge on any atom is 0.0287 e. The molecule has 1 unspecified atom stereocenters. The fourth-order valence-electron chi connectivity index (χ4n) is 3.53. The van der Waals surface area contributed by atoms with Gasteiger partial charge < -0.3 is 0 Å². The second-order valence-corrected chi connectivity index (χ2v) is 5.92. The van der Waals surface area contributed by atoms with Gasteiger partial charge in [-0.25, -0.2) is 0 Å². The van der Waals surface area contributed by atoms with Crippen LogP contribution in [-0.2, 0) is 0 Å². The molecule has 0 N–H and O–H groups in total. The second-order valence-electron chi connectivity index (χ2n) is 5.92. The van der Waals surface area contributed by atoms with Crippen molar-refractivity contribution in [2.75, 3.05) is 0 Å². The predicted molar refractivity (Wildman–Crippen MR) is 90.7 cm³/mol. The Bertz CT molecular complexity index is 868. The molecule has 21 heavy (non-hydrogen) atoms. The van der Waals surface area contributed by atoms with Crippen molar-refractivity contribution in [1.29, 1.82) is 0 Å². The van der Waals surface area contributed by atoms with Crippen LogP contribution in [0, 0.1) is 13.8 Å². The van der Waals surface area contributed by atoms with Gasteiger partial charge in [0.1, 0.15) is 0 Å². The van der Waals surface area contributed by atoms with Crippen molar-refractivity contribution < 1.29 is 0 Å². The van der Waals surface area contributed by atoms with E-state index in [1.807, 2.05) is 0 Å². The molecule has 0 radical (unpaired) electrons. The molecule has 102 valence electrons. The van der Waals surface area contributed by atoms with Crippen molar-refractivity contribution in [2.24, 2.45) is 0 Å². The minimum atomic E-state index is 0.381. The fourth-order valence-corrected chi connectivity index (χ4v) is 3.53. The first-order valence-corrected chi connectivity index (χ1v) is 7.51. The van der Waals surface area contributed by atoms with E-state index in [9.17, 15) is 0 Å². The van der Waals surface area contributed by atoms with E-state index in [0.717, 1.165) is 0 Å². The second kappa shape index (κ2) is 4.60. The molecule has 0 heterocycles. The molecule has 1 atom stereocenters. The summed E-state index contributed by atoms with van der Waals surface area (Å²) in [4.78, 5) is 0. The number of rotatable bonds is 1. The van der Waals surface area contributed by atoms with Crippen LogP contribution >= 0.6 is 0 Å². The third kappa shape index (κ3) is 1.83. The fraction of sp³-hybridized carbons (Fsp3) is 0.143. The maximum absolute atomic E-state index is 2.35. The lowest BCUT2D eigenvalue weighted by Crippen LogP contribution is -2.01. The average Bonchev–Trinajstić information content (AvgIpc) is 2.92. The molecule has 3 aromatic carbocycles. The van der Waals surface area contributed by atoms with Gasteiger partial charge in [0.25, 0.3) is 0 Å². The molecule has 4 rings (SSSR count). The molecule has 0 heteroatoms. The molecule has 0 aromatic heterocycles. The number of hydrogen-bond acceptors (Lipinski definition) is 0. The van der Waals surface area contributed by atoms with Crippen LogP contribution in [0.15, 0.2) is 60.7 Å². The lowest BCUT2D eigenvalue weighted by Gasteiger charge is -2.19. The van der Waals surface area contributed by atoms with E-state index in [1.165, 1.54) is 38.6 Å². The summed E-state index contributed by atoms with van der Waals surface area (Å²) in [6, 6.07) is 19.8. The monoisotopic (exact) mass is 270 g/mol. The van der Waals surface area contributed by atoms with E-state index in [-0.39, 0.29) is 0 Å². The van der Waals surface area contributed by atoms with Gasteiger partial charge in [-0.15, -0.1) is 0 Å². The van der Waals surface area contributed by atoms with Crippen LogP contribution in [0.5, 0.6) is 0 Å². The van der Waals surface area contributed by atoms with Crippen LogP contribution in [0.3, 0.4) is 0 Å². The molecule has 0 bridgehead atoms. The molecule has 0 amide bonds. The maximum atomic E-state index is 2.35. The van der Waals surface area contributed by atoms with E-state index >= 15 is 0 Å². The zero-order valence-electron chi connectivity index (χ0n) is 12.4. The highest BCUT2D eigenvalue weighted by Crippen LogP contribution is 2.40. The topological polar surface area (TPSA) is 0 Å². The van der Waals surface area contributed by atoms with Crippen LogP contribution in [0.1, 0.15) is 33.7 Å². The van der Waals surface area contributed by atoms with E-state index in [0.29, 0.717) is 5.92 Å². The summed E-state index contributed by atoms with van der Waals surface area (Å²) < 4.78 is 0. The molecule has 0 spiro atoms. The van der Waals surface area contributed by atoms with Crippen LogP contribution in [-0.4, -0.2) is 0 Å². The van der Waals surface area contributed by atoms with Crippen molar-refractivity contribution in [3.63, 3.8) is 0 Å². The van der Waals surface area contributed by atoms with Crippen LogP contribution in [0.25, 0.3) is 16.8 Å². The molecule has 0 saturated carbocycles. The molecule has 1 aliphatic rings.